The number of hydrogen-bond donors (Lipinski definition) is 0. The predicted molar refractivity (Wildman–Crippen MR) is 148 cm³/mol. The van der Waals surface area contributed by atoms with E-state index in [-0.39, 0.29) is 36.3 Å². The summed E-state index contributed by atoms with van der Waals surface area (Å²) < 4.78 is 15.8. The Balaban J connectivity index is 0.00000420. The zero-order valence-electron chi connectivity index (χ0n) is 20.7. The van der Waals surface area contributed by atoms with E-state index in [0.29, 0.717) is 51.1 Å². The number of nitrogens with zero attached hydrogens (tertiary/aromatic N) is 3. The van der Waals surface area contributed by atoms with Gasteiger partial charge in [0.15, 0.2) is 0 Å². The molecule has 3 aromatic carbocycles. The molecule has 7 nitrogen and oxygen atoms in total. The minimum atomic E-state index is -0.427. The van der Waals surface area contributed by atoms with Crippen LogP contribution in [0.2, 0.25) is 20.1 Å². The number of nitro benzene ring substituents is 1. The van der Waals surface area contributed by atoms with Crippen LogP contribution in [0, 0.1) is 10.1 Å². The lowest BCUT2D eigenvalue weighted by molar-refractivity contribution is -0.704. The predicted octanol–water partition coefficient (Wildman–Crippen LogP) is 4.71. The fourth-order valence-corrected chi connectivity index (χ4v) is 4.95. The number of halogens is 5. The zero-order valence-corrected chi connectivity index (χ0v) is 25.9. The van der Waals surface area contributed by atoms with Gasteiger partial charge in [-0.1, -0.05) is 58.5 Å². The number of aromatic nitrogens is 2. The lowest BCUT2D eigenvalue weighted by atomic mass is 10.1. The normalized spacial score (nSPS) is 11.6. The summed E-state index contributed by atoms with van der Waals surface area (Å²) in [5.74, 6) is 0.604. The van der Waals surface area contributed by atoms with Crippen LogP contribution in [-0.2, 0) is 24.4 Å². The van der Waals surface area contributed by atoms with Gasteiger partial charge in [-0.25, -0.2) is 9.13 Å². The van der Waals surface area contributed by atoms with Gasteiger partial charge in [0.1, 0.15) is 37.3 Å². The van der Waals surface area contributed by atoms with Crippen LogP contribution in [0.3, 0.4) is 0 Å². The molecule has 206 valence electrons. The minimum absolute atomic E-state index is 0. The summed E-state index contributed by atoms with van der Waals surface area (Å²) in [5, 5.41) is 13.4. The SMILES string of the molecule is CCOc1ccc([N+](=O)[O-])cc1Cn1cc[n+](CC(OCc2ccc(Cl)cc2Cl)c2ccc(Cl)cc2Cl)c1.[I-]. The molecule has 0 saturated carbocycles. The van der Waals surface area contributed by atoms with Gasteiger partial charge in [-0.2, -0.15) is 0 Å². The summed E-state index contributed by atoms with van der Waals surface area (Å²) in [5.41, 5.74) is 2.28. The van der Waals surface area contributed by atoms with Crippen LogP contribution in [0.15, 0.2) is 73.3 Å². The average molecular weight is 723 g/mol. The minimum Gasteiger partial charge on any atom is -1.00 e. The first-order chi connectivity index (χ1) is 18.2. The van der Waals surface area contributed by atoms with Crippen LogP contribution in [-0.4, -0.2) is 16.1 Å². The van der Waals surface area contributed by atoms with Gasteiger partial charge in [-0.3, -0.25) is 10.1 Å². The summed E-state index contributed by atoms with van der Waals surface area (Å²) in [7, 11) is 0. The molecule has 4 rings (SSSR count). The third kappa shape index (κ3) is 8.45. The first-order valence-corrected chi connectivity index (χ1v) is 13.2. The Labute approximate surface area is 263 Å². The van der Waals surface area contributed by atoms with Gasteiger partial charge in [0.05, 0.1) is 18.1 Å². The monoisotopic (exact) mass is 721 g/mol. The molecule has 0 aliphatic heterocycles. The van der Waals surface area contributed by atoms with Crippen LogP contribution >= 0.6 is 46.4 Å². The summed E-state index contributed by atoms with van der Waals surface area (Å²) >= 11 is 25.0. The Hall–Kier alpha value is -2.08. The van der Waals surface area contributed by atoms with E-state index in [1.54, 1.807) is 30.3 Å². The molecule has 0 fully saturated rings. The number of hydrogen-bond acceptors (Lipinski definition) is 4. The first kappa shape index (κ1) is 31.4. The molecule has 0 bridgehead atoms. The summed E-state index contributed by atoms with van der Waals surface area (Å²) in [6, 6.07) is 15.1. The summed E-state index contributed by atoms with van der Waals surface area (Å²) in [4.78, 5) is 10.9. The highest BCUT2D eigenvalue weighted by Crippen LogP contribution is 2.31. The molecule has 1 aromatic heterocycles. The average Bonchev–Trinajstić information content (AvgIpc) is 3.30. The second-order valence-electron chi connectivity index (χ2n) is 8.47. The highest BCUT2D eigenvalue weighted by Gasteiger charge is 2.21. The van der Waals surface area contributed by atoms with Crippen LogP contribution in [0.4, 0.5) is 5.69 Å². The van der Waals surface area contributed by atoms with Crippen LogP contribution < -0.4 is 33.3 Å². The lowest BCUT2D eigenvalue weighted by Gasteiger charge is -2.19. The number of nitro groups is 1. The van der Waals surface area contributed by atoms with Crippen LogP contribution in [0.5, 0.6) is 5.75 Å². The maximum Gasteiger partial charge on any atom is 0.270 e. The van der Waals surface area contributed by atoms with Gasteiger partial charge in [-0.05, 0) is 42.8 Å². The Kier molecular flexibility index (Phi) is 11.7. The van der Waals surface area contributed by atoms with E-state index < -0.39 is 11.0 Å². The van der Waals surface area contributed by atoms with Crippen molar-refractivity contribution in [1.82, 2.24) is 4.57 Å². The van der Waals surface area contributed by atoms with Gasteiger partial charge in [0.2, 0.25) is 6.33 Å². The fourth-order valence-electron chi connectivity index (χ4n) is 3.96. The van der Waals surface area contributed by atoms with E-state index in [4.69, 9.17) is 55.9 Å². The number of benzene rings is 3. The molecular formula is C27H24Cl4IN3O4. The van der Waals surface area contributed by atoms with Crippen molar-refractivity contribution in [2.45, 2.75) is 32.7 Å². The second kappa shape index (κ2) is 14.5. The molecule has 12 heteroatoms. The van der Waals surface area contributed by atoms with Gasteiger partial charge >= 0.3 is 0 Å². The van der Waals surface area contributed by atoms with Crippen molar-refractivity contribution in [1.29, 1.82) is 0 Å². The maximum atomic E-state index is 11.3. The van der Waals surface area contributed by atoms with Crippen molar-refractivity contribution in [3.05, 3.63) is 120 Å². The smallest absolute Gasteiger partial charge is 0.270 e. The van der Waals surface area contributed by atoms with Crippen molar-refractivity contribution in [3.8, 4) is 5.75 Å². The molecule has 0 saturated heterocycles. The van der Waals surface area contributed by atoms with Gasteiger partial charge in [0.25, 0.3) is 5.69 Å². The molecule has 0 aliphatic rings. The number of non-ortho nitro benzene ring substituents is 1. The molecule has 1 heterocycles. The molecule has 0 amide bonds. The molecule has 4 aromatic rings. The highest BCUT2D eigenvalue weighted by atomic mass is 127. The summed E-state index contributed by atoms with van der Waals surface area (Å²) in [6.07, 6.45) is 5.24. The van der Waals surface area contributed by atoms with Crippen molar-refractivity contribution in [2.24, 2.45) is 0 Å². The Bertz CT molecular complexity index is 1450. The second-order valence-corrected chi connectivity index (χ2v) is 10.2. The zero-order chi connectivity index (χ0) is 27.2. The number of imidazole rings is 1. The third-order valence-corrected chi connectivity index (χ3v) is 6.94. The molecule has 39 heavy (non-hydrogen) atoms. The Morgan fingerprint density at radius 2 is 1.69 bits per heavy atom. The van der Waals surface area contributed by atoms with E-state index in [0.717, 1.165) is 11.1 Å². The van der Waals surface area contributed by atoms with E-state index in [9.17, 15) is 10.1 Å². The highest BCUT2D eigenvalue weighted by molar-refractivity contribution is 6.35. The van der Waals surface area contributed by atoms with Crippen molar-refractivity contribution < 1.29 is 42.9 Å². The van der Waals surface area contributed by atoms with Gasteiger partial charge in [-0.15, -0.1) is 0 Å². The molecule has 0 spiro atoms. The van der Waals surface area contributed by atoms with Gasteiger partial charge in [0, 0.05) is 43.4 Å². The van der Waals surface area contributed by atoms with E-state index in [1.807, 2.05) is 46.9 Å². The molecule has 0 radical (unpaired) electrons. The number of rotatable bonds is 11. The van der Waals surface area contributed by atoms with E-state index in [2.05, 4.69) is 0 Å². The van der Waals surface area contributed by atoms with Crippen molar-refractivity contribution in [3.63, 3.8) is 0 Å². The Morgan fingerprint density at radius 1 is 0.974 bits per heavy atom. The lowest BCUT2D eigenvalue weighted by Crippen LogP contribution is -3.00. The topological polar surface area (TPSA) is 70.4 Å². The van der Waals surface area contributed by atoms with Crippen LogP contribution in [0.1, 0.15) is 29.7 Å². The molecule has 0 N–H and O–H groups in total. The molecule has 1 unspecified atom stereocenters. The molecular weight excluding hydrogens is 699 g/mol. The maximum absolute atomic E-state index is 11.3. The van der Waals surface area contributed by atoms with Crippen molar-refractivity contribution >= 4 is 52.1 Å². The Morgan fingerprint density at radius 3 is 2.36 bits per heavy atom. The van der Waals surface area contributed by atoms with E-state index >= 15 is 0 Å². The quantitative estimate of drug-likeness (QED) is 0.0975. The van der Waals surface area contributed by atoms with Crippen molar-refractivity contribution in [2.75, 3.05) is 6.61 Å². The molecule has 0 aliphatic carbocycles. The van der Waals surface area contributed by atoms with Crippen LogP contribution in [0.25, 0.3) is 0 Å². The third-order valence-electron chi connectivity index (χ3n) is 5.80. The first-order valence-electron chi connectivity index (χ1n) is 11.7. The summed E-state index contributed by atoms with van der Waals surface area (Å²) in [6.45, 7) is 3.39. The fraction of sp³-hybridized carbons (Fsp3) is 0.222. The molecule has 1 atom stereocenters. The van der Waals surface area contributed by atoms with E-state index in [1.165, 1.54) is 12.1 Å². The standard InChI is InChI=1S/C27H24Cl4N3O4.HI/c1-2-37-26-8-6-22(34(35)36)11-19(26)14-32-9-10-33(17-32)15-27(23-7-5-21(29)13-25(23)31)38-16-18-3-4-20(28)12-24(18)30;/h3-13,17,27H,2,14-16H2,1H3;1H/q+1;/p-1. The number of ether oxygens (including phenoxy) is 2. The largest absolute Gasteiger partial charge is 1.00 e. The van der Waals surface area contributed by atoms with Gasteiger partial charge < -0.3 is 33.5 Å².